The van der Waals surface area contributed by atoms with Crippen LogP contribution in [0, 0.1) is 23.3 Å². The van der Waals surface area contributed by atoms with E-state index in [9.17, 15) is 26.3 Å². The lowest BCUT2D eigenvalue weighted by Gasteiger charge is -2.24. The van der Waals surface area contributed by atoms with Crippen molar-refractivity contribution in [2.75, 3.05) is 6.61 Å². The standard InChI is InChI=1S/C23H22F6O3/c1-3-5-14-7-6-13(12-31-14)15-8-9-16(20(25)19(15)24)23(28,29)32-18-11-10-17(30-4-2)21(26)22(18)27/h8-12,14H,3-7H2,1-2H3. The second-order valence-corrected chi connectivity index (χ2v) is 7.26. The molecule has 2 aromatic carbocycles. The zero-order valence-corrected chi connectivity index (χ0v) is 17.5. The molecule has 2 aromatic rings. The molecule has 0 radical (unpaired) electrons. The van der Waals surface area contributed by atoms with E-state index in [0.717, 1.165) is 31.0 Å². The third kappa shape index (κ3) is 4.81. The molecule has 1 heterocycles. The first kappa shape index (κ1) is 23.8. The fourth-order valence-corrected chi connectivity index (χ4v) is 3.43. The van der Waals surface area contributed by atoms with Crippen molar-refractivity contribution in [2.45, 2.75) is 51.7 Å². The van der Waals surface area contributed by atoms with Gasteiger partial charge in [0.25, 0.3) is 0 Å². The van der Waals surface area contributed by atoms with E-state index in [-0.39, 0.29) is 18.3 Å². The van der Waals surface area contributed by atoms with Crippen molar-refractivity contribution in [1.82, 2.24) is 0 Å². The molecule has 174 valence electrons. The normalized spacial score (nSPS) is 16.4. The summed E-state index contributed by atoms with van der Waals surface area (Å²) in [6.07, 6.45) is -0.501. The Bertz CT molecular complexity index is 1010. The highest BCUT2D eigenvalue weighted by atomic mass is 19.3. The van der Waals surface area contributed by atoms with Gasteiger partial charge in [0.2, 0.25) is 11.6 Å². The first-order valence-electron chi connectivity index (χ1n) is 10.2. The largest absolute Gasteiger partial charge is 0.498 e. The third-order valence-electron chi connectivity index (χ3n) is 5.04. The van der Waals surface area contributed by atoms with Gasteiger partial charge in [-0.15, -0.1) is 0 Å². The van der Waals surface area contributed by atoms with Gasteiger partial charge >= 0.3 is 6.11 Å². The van der Waals surface area contributed by atoms with E-state index in [1.807, 2.05) is 6.92 Å². The third-order valence-corrected chi connectivity index (χ3v) is 5.04. The van der Waals surface area contributed by atoms with Crippen molar-refractivity contribution >= 4 is 5.57 Å². The van der Waals surface area contributed by atoms with Crippen molar-refractivity contribution in [1.29, 1.82) is 0 Å². The van der Waals surface area contributed by atoms with Crippen LogP contribution in [0.2, 0.25) is 0 Å². The Morgan fingerprint density at radius 1 is 0.938 bits per heavy atom. The van der Waals surface area contributed by atoms with Gasteiger partial charge in [0.1, 0.15) is 5.56 Å². The Balaban J connectivity index is 1.87. The maximum absolute atomic E-state index is 14.6. The molecule has 32 heavy (non-hydrogen) atoms. The Labute approximate surface area is 181 Å². The summed E-state index contributed by atoms with van der Waals surface area (Å²) in [4.78, 5) is 0. The average Bonchev–Trinajstić information content (AvgIpc) is 2.76. The van der Waals surface area contributed by atoms with Gasteiger partial charge < -0.3 is 14.2 Å². The first-order chi connectivity index (χ1) is 15.2. The SMILES string of the molecule is CCCC1CCC(c2ccc(C(F)(F)Oc3ccc(OCC)c(F)c3F)c(F)c2F)=CO1. The van der Waals surface area contributed by atoms with Gasteiger partial charge in [-0.2, -0.15) is 17.6 Å². The van der Waals surface area contributed by atoms with Crippen LogP contribution >= 0.6 is 0 Å². The summed E-state index contributed by atoms with van der Waals surface area (Å²) in [5.41, 5.74) is -1.33. The van der Waals surface area contributed by atoms with Gasteiger partial charge in [0, 0.05) is 5.56 Å². The number of hydrogen-bond acceptors (Lipinski definition) is 3. The minimum atomic E-state index is -4.48. The molecule has 0 amide bonds. The smallest absolute Gasteiger partial charge is 0.429 e. The maximum atomic E-state index is 14.6. The van der Waals surface area contributed by atoms with E-state index in [4.69, 9.17) is 9.47 Å². The summed E-state index contributed by atoms with van der Waals surface area (Å²) < 4.78 is 101. The zero-order valence-electron chi connectivity index (χ0n) is 17.5. The molecule has 0 aromatic heterocycles. The van der Waals surface area contributed by atoms with Crippen molar-refractivity contribution in [2.24, 2.45) is 0 Å². The van der Waals surface area contributed by atoms with Crippen LogP contribution in [0.1, 0.15) is 50.7 Å². The molecule has 0 saturated heterocycles. The minimum absolute atomic E-state index is 0.0181. The van der Waals surface area contributed by atoms with Gasteiger partial charge in [-0.25, -0.2) is 8.78 Å². The topological polar surface area (TPSA) is 27.7 Å². The van der Waals surface area contributed by atoms with Crippen LogP contribution in [-0.4, -0.2) is 12.7 Å². The van der Waals surface area contributed by atoms with E-state index < -0.39 is 46.4 Å². The highest BCUT2D eigenvalue weighted by molar-refractivity contribution is 5.66. The molecule has 0 fully saturated rings. The molecule has 1 aliphatic rings. The monoisotopic (exact) mass is 460 g/mol. The Morgan fingerprint density at radius 2 is 1.62 bits per heavy atom. The van der Waals surface area contributed by atoms with Gasteiger partial charge in [0.05, 0.1) is 19.0 Å². The van der Waals surface area contributed by atoms with Gasteiger partial charge in [-0.1, -0.05) is 19.4 Å². The molecule has 1 aliphatic heterocycles. The lowest BCUT2D eigenvalue weighted by molar-refractivity contribution is -0.189. The Morgan fingerprint density at radius 3 is 2.25 bits per heavy atom. The van der Waals surface area contributed by atoms with Gasteiger partial charge in [0.15, 0.2) is 23.1 Å². The molecule has 1 atom stereocenters. The van der Waals surface area contributed by atoms with E-state index in [0.29, 0.717) is 24.5 Å². The average molecular weight is 460 g/mol. The summed E-state index contributed by atoms with van der Waals surface area (Å²) in [5.74, 6) is -8.30. The Kier molecular flexibility index (Phi) is 7.26. The highest BCUT2D eigenvalue weighted by Crippen LogP contribution is 2.39. The zero-order chi connectivity index (χ0) is 23.5. The molecule has 0 bridgehead atoms. The minimum Gasteiger partial charge on any atom is -0.498 e. The molecule has 9 heteroatoms. The number of halogens is 6. The molecule has 0 N–H and O–H groups in total. The van der Waals surface area contributed by atoms with E-state index in [2.05, 4.69) is 4.74 Å². The predicted molar refractivity (Wildman–Crippen MR) is 105 cm³/mol. The van der Waals surface area contributed by atoms with Crippen molar-refractivity contribution in [3.63, 3.8) is 0 Å². The molecule has 0 saturated carbocycles. The van der Waals surface area contributed by atoms with Crippen LogP contribution in [0.5, 0.6) is 11.5 Å². The van der Waals surface area contributed by atoms with E-state index in [1.54, 1.807) is 0 Å². The van der Waals surface area contributed by atoms with Crippen molar-refractivity contribution in [3.05, 3.63) is 64.9 Å². The number of ether oxygens (including phenoxy) is 3. The van der Waals surface area contributed by atoms with Gasteiger partial charge in [-0.3, -0.25) is 0 Å². The van der Waals surface area contributed by atoms with E-state index >= 15 is 0 Å². The molecular weight excluding hydrogens is 438 g/mol. The van der Waals surface area contributed by atoms with Crippen LogP contribution in [-0.2, 0) is 10.8 Å². The van der Waals surface area contributed by atoms with Gasteiger partial charge in [-0.05, 0) is 50.0 Å². The Hall–Kier alpha value is -2.84. The predicted octanol–water partition coefficient (Wildman–Crippen LogP) is 7.09. The van der Waals surface area contributed by atoms with Crippen molar-refractivity contribution in [3.8, 4) is 11.5 Å². The quantitative estimate of drug-likeness (QED) is 0.394. The van der Waals surface area contributed by atoms with E-state index in [1.165, 1.54) is 13.2 Å². The molecule has 0 aliphatic carbocycles. The molecule has 3 nitrogen and oxygen atoms in total. The number of hydrogen-bond donors (Lipinski definition) is 0. The molecule has 3 rings (SSSR count). The summed E-state index contributed by atoms with van der Waals surface area (Å²) >= 11 is 0. The molecule has 1 unspecified atom stereocenters. The van der Waals surface area contributed by atoms with Crippen molar-refractivity contribution < 1.29 is 40.6 Å². The fraction of sp³-hybridized carbons (Fsp3) is 0.391. The number of benzene rings is 2. The highest BCUT2D eigenvalue weighted by Gasteiger charge is 2.40. The maximum Gasteiger partial charge on any atom is 0.429 e. The second-order valence-electron chi connectivity index (χ2n) is 7.26. The second kappa shape index (κ2) is 9.75. The molecule has 0 spiro atoms. The lowest BCUT2D eigenvalue weighted by Crippen LogP contribution is -2.25. The van der Waals surface area contributed by atoms with Crippen LogP contribution in [0.3, 0.4) is 0 Å². The summed E-state index contributed by atoms with van der Waals surface area (Å²) in [7, 11) is 0. The number of rotatable bonds is 8. The molecular formula is C23H22F6O3. The van der Waals surface area contributed by atoms with Crippen LogP contribution in [0.4, 0.5) is 26.3 Å². The summed E-state index contributed by atoms with van der Waals surface area (Å²) in [6, 6.07) is 3.25. The van der Waals surface area contributed by atoms with Crippen LogP contribution < -0.4 is 9.47 Å². The first-order valence-corrected chi connectivity index (χ1v) is 10.2. The summed E-state index contributed by atoms with van der Waals surface area (Å²) in [6.45, 7) is 3.53. The summed E-state index contributed by atoms with van der Waals surface area (Å²) in [5, 5.41) is 0. The number of alkyl halides is 2. The lowest BCUT2D eigenvalue weighted by atomic mass is 9.95. The fourth-order valence-electron chi connectivity index (χ4n) is 3.43. The number of allylic oxidation sites excluding steroid dienone is 1. The van der Waals surface area contributed by atoms with Crippen LogP contribution in [0.15, 0.2) is 30.5 Å². The van der Waals surface area contributed by atoms with Crippen LogP contribution in [0.25, 0.3) is 5.57 Å².